The van der Waals surface area contributed by atoms with Gasteiger partial charge in [-0.15, -0.1) is 0 Å². The van der Waals surface area contributed by atoms with E-state index in [1.54, 1.807) is 19.2 Å². The summed E-state index contributed by atoms with van der Waals surface area (Å²) in [6, 6.07) is 10.2. The van der Waals surface area contributed by atoms with Crippen LogP contribution in [0, 0.1) is 12.3 Å². The van der Waals surface area contributed by atoms with Gasteiger partial charge in [0.1, 0.15) is 5.82 Å². The number of piperidine rings is 1. The predicted molar refractivity (Wildman–Crippen MR) is 136 cm³/mol. The van der Waals surface area contributed by atoms with Crippen molar-refractivity contribution in [1.82, 2.24) is 15.0 Å². The first-order chi connectivity index (χ1) is 16.8. The topological polar surface area (TPSA) is 120 Å². The number of benzene rings is 1. The highest BCUT2D eigenvalue weighted by atomic mass is 35.5. The van der Waals surface area contributed by atoms with Gasteiger partial charge in [0.15, 0.2) is 11.5 Å². The summed E-state index contributed by atoms with van der Waals surface area (Å²) < 4.78 is 5.34. The van der Waals surface area contributed by atoms with Crippen molar-refractivity contribution in [3.8, 4) is 11.3 Å². The molecule has 1 atom stereocenters. The molecule has 1 aliphatic heterocycles. The lowest BCUT2D eigenvalue weighted by atomic mass is 9.73. The van der Waals surface area contributed by atoms with Crippen LogP contribution in [0.15, 0.2) is 36.5 Å². The molecule has 1 fully saturated rings. The first-order valence-electron chi connectivity index (χ1n) is 11.9. The summed E-state index contributed by atoms with van der Waals surface area (Å²) in [5.74, 6) is 0.212. The third-order valence-corrected chi connectivity index (χ3v) is 7.74. The quantitative estimate of drug-likeness (QED) is 0.522. The lowest BCUT2D eigenvalue weighted by molar-refractivity contribution is 0.0519. The number of fused-ring (bicyclic) bond motifs is 1. The van der Waals surface area contributed by atoms with Gasteiger partial charge in [-0.05, 0) is 55.7 Å². The molecule has 182 valence electrons. The number of halogens is 1. The third-order valence-electron chi connectivity index (χ3n) is 7.34. The molecule has 35 heavy (non-hydrogen) atoms. The SMILES string of the molecule is CCOC(=O)c1nc(-c2ccnc(N)c2Cl)c(C)nc1N1CCC2(CC1)Cc1ccccc1C2N. The predicted octanol–water partition coefficient (Wildman–Crippen LogP) is 4.10. The van der Waals surface area contributed by atoms with Crippen molar-refractivity contribution in [3.63, 3.8) is 0 Å². The Balaban J connectivity index is 1.48. The van der Waals surface area contributed by atoms with E-state index in [2.05, 4.69) is 34.1 Å². The molecule has 0 radical (unpaired) electrons. The summed E-state index contributed by atoms with van der Waals surface area (Å²) in [5, 5.41) is 0.280. The summed E-state index contributed by atoms with van der Waals surface area (Å²) in [4.78, 5) is 28.6. The van der Waals surface area contributed by atoms with E-state index in [9.17, 15) is 4.79 Å². The number of anilines is 2. The Morgan fingerprint density at radius 2 is 1.97 bits per heavy atom. The molecule has 9 heteroatoms. The van der Waals surface area contributed by atoms with Crippen molar-refractivity contribution in [2.24, 2.45) is 11.1 Å². The summed E-state index contributed by atoms with van der Waals surface area (Å²) in [5.41, 5.74) is 17.1. The molecule has 1 aromatic carbocycles. The molecular formula is C26H29ClN6O2. The smallest absolute Gasteiger partial charge is 0.360 e. The molecule has 8 nitrogen and oxygen atoms in total. The highest BCUT2D eigenvalue weighted by Gasteiger charge is 2.46. The van der Waals surface area contributed by atoms with E-state index in [1.807, 2.05) is 6.92 Å². The monoisotopic (exact) mass is 492 g/mol. The number of nitrogen functional groups attached to an aromatic ring is 1. The largest absolute Gasteiger partial charge is 0.461 e. The van der Waals surface area contributed by atoms with Crippen LogP contribution in [0.25, 0.3) is 11.3 Å². The number of nitrogens with two attached hydrogens (primary N) is 2. The maximum atomic E-state index is 13.0. The Morgan fingerprint density at radius 1 is 1.23 bits per heavy atom. The maximum Gasteiger partial charge on any atom is 0.360 e. The molecule has 1 aliphatic carbocycles. The number of pyridine rings is 1. The van der Waals surface area contributed by atoms with Crippen molar-refractivity contribution in [3.05, 3.63) is 64.1 Å². The van der Waals surface area contributed by atoms with Gasteiger partial charge in [0.2, 0.25) is 0 Å². The number of rotatable bonds is 4. The highest BCUT2D eigenvalue weighted by Crippen LogP contribution is 2.51. The van der Waals surface area contributed by atoms with Crippen LogP contribution >= 0.6 is 11.6 Å². The highest BCUT2D eigenvalue weighted by molar-refractivity contribution is 6.35. The minimum Gasteiger partial charge on any atom is -0.461 e. The average Bonchev–Trinajstić information content (AvgIpc) is 3.12. The Hall–Kier alpha value is -3.23. The van der Waals surface area contributed by atoms with Crippen LogP contribution in [0.3, 0.4) is 0 Å². The molecule has 5 rings (SSSR count). The fourth-order valence-corrected chi connectivity index (χ4v) is 5.63. The van der Waals surface area contributed by atoms with Gasteiger partial charge >= 0.3 is 5.97 Å². The van der Waals surface area contributed by atoms with Gasteiger partial charge in [-0.3, -0.25) is 0 Å². The summed E-state index contributed by atoms with van der Waals surface area (Å²) >= 11 is 6.41. The second kappa shape index (κ2) is 9.09. The van der Waals surface area contributed by atoms with Gasteiger partial charge in [-0.1, -0.05) is 35.9 Å². The normalized spacial score (nSPS) is 18.5. The van der Waals surface area contributed by atoms with Crippen LogP contribution in [-0.4, -0.2) is 40.6 Å². The van der Waals surface area contributed by atoms with Gasteiger partial charge in [0.05, 0.1) is 23.0 Å². The van der Waals surface area contributed by atoms with Gasteiger partial charge < -0.3 is 21.1 Å². The number of ether oxygens (including phenoxy) is 1. The molecule has 0 bridgehead atoms. The van der Waals surface area contributed by atoms with E-state index in [0.717, 1.165) is 32.4 Å². The third kappa shape index (κ3) is 4.00. The average molecular weight is 493 g/mol. The lowest BCUT2D eigenvalue weighted by Crippen LogP contribution is -2.45. The van der Waals surface area contributed by atoms with E-state index in [-0.39, 0.29) is 34.6 Å². The van der Waals surface area contributed by atoms with E-state index >= 15 is 0 Å². The molecule has 1 spiro atoms. The first-order valence-corrected chi connectivity index (χ1v) is 12.3. The molecule has 4 N–H and O–H groups in total. The summed E-state index contributed by atoms with van der Waals surface area (Å²) in [6.07, 6.45) is 4.34. The van der Waals surface area contributed by atoms with Crippen LogP contribution < -0.4 is 16.4 Å². The Bertz CT molecular complexity index is 1290. The zero-order valence-corrected chi connectivity index (χ0v) is 20.7. The van der Waals surface area contributed by atoms with Crippen LogP contribution in [0.5, 0.6) is 0 Å². The Morgan fingerprint density at radius 3 is 2.69 bits per heavy atom. The van der Waals surface area contributed by atoms with E-state index in [0.29, 0.717) is 22.8 Å². The van der Waals surface area contributed by atoms with E-state index in [4.69, 9.17) is 37.8 Å². The minimum absolute atomic E-state index is 0.0138. The first kappa shape index (κ1) is 23.5. The molecule has 1 saturated heterocycles. The van der Waals surface area contributed by atoms with Gasteiger partial charge in [0, 0.05) is 30.9 Å². The second-order valence-corrected chi connectivity index (χ2v) is 9.69. The Labute approximate surface area is 209 Å². The number of carbonyl (C=O) groups is 1. The molecule has 0 saturated carbocycles. The number of nitrogens with zero attached hydrogens (tertiary/aromatic N) is 4. The number of hydrogen-bond donors (Lipinski definition) is 2. The van der Waals surface area contributed by atoms with Crippen LogP contribution in [0.2, 0.25) is 5.02 Å². The van der Waals surface area contributed by atoms with E-state index in [1.165, 1.54) is 11.1 Å². The standard InChI is InChI=1S/C26H29ClN6O2/c1-3-35-25(34)21-24(31-15(2)20(32-21)18-8-11-30-23(29)19(18)27)33-12-9-26(10-13-33)14-16-6-4-5-7-17(16)22(26)28/h4-8,11,22H,3,9-10,12-14,28H2,1-2H3,(H2,29,30). The zero-order valence-electron chi connectivity index (χ0n) is 19.9. The summed E-state index contributed by atoms with van der Waals surface area (Å²) in [7, 11) is 0. The zero-order chi connectivity index (χ0) is 24.7. The lowest BCUT2D eigenvalue weighted by Gasteiger charge is -2.42. The maximum absolute atomic E-state index is 13.0. The molecule has 1 unspecified atom stereocenters. The van der Waals surface area contributed by atoms with Crippen molar-refractivity contribution < 1.29 is 9.53 Å². The van der Waals surface area contributed by atoms with Crippen molar-refractivity contribution >= 4 is 29.2 Å². The molecule has 0 amide bonds. The van der Waals surface area contributed by atoms with Gasteiger partial charge in [0.25, 0.3) is 0 Å². The minimum atomic E-state index is -0.514. The van der Waals surface area contributed by atoms with Crippen LogP contribution in [-0.2, 0) is 11.2 Å². The van der Waals surface area contributed by atoms with Crippen molar-refractivity contribution in [1.29, 1.82) is 0 Å². The number of esters is 1. The number of aryl methyl sites for hydroxylation is 1. The second-order valence-electron chi connectivity index (χ2n) is 9.31. The van der Waals surface area contributed by atoms with Crippen LogP contribution in [0.1, 0.15) is 53.1 Å². The van der Waals surface area contributed by atoms with Crippen LogP contribution in [0.4, 0.5) is 11.6 Å². The van der Waals surface area contributed by atoms with E-state index < -0.39 is 5.97 Å². The van der Waals surface area contributed by atoms with Crippen molar-refractivity contribution in [2.75, 3.05) is 30.3 Å². The fraction of sp³-hybridized carbons (Fsp3) is 0.385. The Kier molecular flexibility index (Phi) is 6.11. The summed E-state index contributed by atoms with van der Waals surface area (Å²) in [6.45, 7) is 5.31. The molecule has 2 aromatic heterocycles. The number of carbonyl (C=O) groups excluding carboxylic acids is 1. The van der Waals surface area contributed by atoms with Gasteiger partial charge in [-0.2, -0.15) is 0 Å². The number of hydrogen-bond acceptors (Lipinski definition) is 8. The van der Waals surface area contributed by atoms with Crippen molar-refractivity contribution in [2.45, 2.75) is 39.2 Å². The molecule has 3 aromatic rings. The molecule has 2 aliphatic rings. The molecular weight excluding hydrogens is 464 g/mol. The fourth-order valence-electron chi connectivity index (χ4n) is 5.43. The van der Waals surface area contributed by atoms with Gasteiger partial charge in [-0.25, -0.2) is 19.7 Å². The number of aromatic nitrogens is 3. The molecule has 3 heterocycles.